The molecule has 0 radical (unpaired) electrons. The van der Waals surface area contributed by atoms with E-state index in [1.165, 1.54) is 35.1 Å². The number of aliphatic hydroxyl groups is 3. The van der Waals surface area contributed by atoms with Crippen LogP contribution in [0.1, 0.15) is 16.6 Å². The number of aliphatic hydroxyl groups excluding tert-OH is 3. The van der Waals surface area contributed by atoms with Crippen molar-refractivity contribution in [1.29, 1.82) is 0 Å². The molecule has 3 aromatic heterocycles. The largest absolute Gasteiger partial charge is 0.465 e. The number of rotatable bonds is 4. The smallest absolute Gasteiger partial charge is 0.341 e. The Morgan fingerprint density at radius 2 is 2.14 bits per heavy atom. The number of nitrogen functional groups attached to an aromatic ring is 1. The molecular weight excluding hydrogens is 374 g/mol. The topological polar surface area (TPSA) is 184 Å². The van der Waals surface area contributed by atoms with Gasteiger partial charge >= 0.3 is 5.97 Å². The van der Waals surface area contributed by atoms with Crippen molar-refractivity contribution in [3.63, 3.8) is 0 Å². The fourth-order valence-electron chi connectivity index (χ4n) is 2.98. The number of carbonyl (C=O) groups is 1. The van der Waals surface area contributed by atoms with E-state index in [1.807, 2.05) is 0 Å². The fraction of sp³-hybridized carbons (Fsp3) is 0.400. The van der Waals surface area contributed by atoms with Gasteiger partial charge in [-0.3, -0.25) is 4.57 Å². The highest BCUT2D eigenvalue weighted by Gasteiger charge is 2.44. The standard InChI is InChI=1S/C15H17N7O6/c1-27-14(26)6-2-18-22(3-6)15-19-11(16)8-12(20-15)21(5-17-8)13-10(25)9(24)7(4-23)28-13/h2-3,5,7,9-10,13,23-25H,4H2,1H3,(H2,16,19,20)/t7-,9+,10+,13-/m1/s1. The summed E-state index contributed by atoms with van der Waals surface area (Å²) in [5, 5.41) is 33.5. The van der Waals surface area contributed by atoms with Crippen LogP contribution in [-0.2, 0) is 9.47 Å². The Morgan fingerprint density at radius 1 is 1.36 bits per heavy atom. The van der Waals surface area contributed by atoms with Crippen molar-refractivity contribution >= 4 is 23.0 Å². The van der Waals surface area contributed by atoms with Crippen LogP contribution in [0.25, 0.3) is 17.1 Å². The van der Waals surface area contributed by atoms with Gasteiger partial charge in [0, 0.05) is 6.20 Å². The van der Waals surface area contributed by atoms with E-state index in [1.54, 1.807) is 0 Å². The van der Waals surface area contributed by atoms with Gasteiger partial charge < -0.3 is 30.5 Å². The average Bonchev–Trinajstić information content (AvgIpc) is 3.40. The highest BCUT2D eigenvalue weighted by Crippen LogP contribution is 2.32. The minimum atomic E-state index is -1.31. The maximum absolute atomic E-state index is 11.6. The van der Waals surface area contributed by atoms with Crippen molar-refractivity contribution in [2.75, 3.05) is 19.5 Å². The second-order valence-corrected chi connectivity index (χ2v) is 6.13. The Hall–Kier alpha value is -3.13. The summed E-state index contributed by atoms with van der Waals surface area (Å²) in [7, 11) is 1.25. The number of esters is 1. The van der Waals surface area contributed by atoms with Gasteiger partial charge in [0.05, 0.1) is 31.8 Å². The number of ether oxygens (including phenoxy) is 2. The zero-order valence-corrected chi connectivity index (χ0v) is 14.6. The maximum atomic E-state index is 11.6. The number of imidazole rings is 1. The predicted molar refractivity (Wildman–Crippen MR) is 91.2 cm³/mol. The molecular formula is C15H17N7O6. The number of nitrogens with two attached hydrogens (primary N) is 1. The Labute approximate surface area is 157 Å². The third-order valence-electron chi connectivity index (χ3n) is 4.44. The molecule has 0 bridgehead atoms. The quantitative estimate of drug-likeness (QED) is 0.360. The van der Waals surface area contributed by atoms with E-state index in [-0.39, 0.29) is 28.5 Å². The summed E-state index contributed by atoms with van der Waals surface area (Å²) in [6.45, 7) is -0.465. The molecule has 28 heavy (non-hydrogen) atoms. The number of aromatic nitrogens is 6. The lowest BCUT2D eigenvalue weighted by atomic mass is 10.1. The van der Waals surface area contributed by atoms with E-state index in [0.29, 0.717) is 0 Å². The van der Waals surface area contributed by atoms with E-state index in [0.717, 1.165) is 0 Å². The lowest BCUT2D eigenvalue weighted by molar-refractivity contribution is -0.0511. The Morgan fingerprint density at radius 3 is 2.82 bits per heavy atom. The number of nitrogens with zero attached hydrogens (tertiary/aromatic N) is 6. The van der Waals surface area contributed by atoms with Crippen LogP contribution >= 0.6 is 0 Å². The van der Waals surface area contributed by atoms with Gasteiger partial charge in [0.2, 0.25) is 0 Å². The van der Waals surface area contributed by atoms with E-state index in [2.05, 4.69) is 24.8 Å². The van der Waals surface area contributed by atoms with Gasteiger partial charge in [0.15, 0.2) is 17.7 Å². The molecule has 148 valence electrons. The molecule has 1 saturated heterocycles. The molecule has 13 nitrogen and oxygen atoms in total. The molecule has 0 saturated carbocycles. The van der Waals surface area contributed by atoms with Crippen LogP contribution in [0.5, 0.6) is 0 Å². The van der Waals surface area contributed by atoms with Gasteiger partial charge in [-0.05, 0) is 0 Å². The van der Waals surface area contributed by atoms with E-state index in [4.69, 9.17) is 10.5 Å². The predicted octanol–water partition coefficient (Wildman–Crippen LogP) is -2.01. The minimum absolute atomic E-state index is 0.0422. The van der Waals surface area contributed by atoms with Crippen LogP contribution in [0.2, 0.25) is 0 Å². The Kier molecular flexibility index (Phi) is 4.43. The number of fused-ring (bicyclic) bond motifs is 1. The molecule has 0 unspecified atom stereocenters. The van der Waals surface area contributed by atoms with Crippen molar-refractivity contribution in [3.8, 4) is 5.95 Å². The second kappa shape index (κ2) is 6.79. The molecule has 0 amide bonds. The maximum Gasteiger partial charge on any atom is 0.341 e. The van der Waals surface area contributed by atoms with E-state index < -0.39 is 37.1 Å². The van der Waals surface area contributed by atoms with Crippen molar-refractivity contribution in [2.24, 2.45) is 0 Å². The molecule has 0 aromatic carbocycles. The van der Waals surface area contributed by atoms with Gasteiger partial charge in [-0.2, -0.15) is 15.1 Å². The molecule has 5 N–H and O–H groups in total. The summed E-state index contributed by atoms with van der Waals surface area (Å²) in [4.78, 5) is 24.2. The molecule has 1 aliphatic heterocycles. The third-order valence-corrected chi connectivity index (χ3v) is 4.44. The number of carbonyl (C=O) groups excluding carboxylic acids is 1. The molecule has 4 heterocycles. The highest BCUT2D eigenvalue weighted by atomic mass is 16.6. The lowest BCUT2D eigenvalue weighted by Gasteiger charge is -2.16. The van der Waals surface area contributed by atoms with Crippen molar-refractivity contribution in [3.05, 3.63) is 24.3 Å². The summed E-state index contributed by atoms with van der Waals surface area (Å²) in [5.41, 5.74) is 6.63. The van der Waals surface area contributed by atoms with E-state index in [9.17, 15) is 20.1 Å². The van der Waals surface area contributed by atoms with Crippen LogP contribution in [0.4, 0.5) is 5.82 Å². The molecule has 4 atom stereocenters. The lowest BCUT2D eigenvalue weighted by Crippen LogP contribution is -2.33. The monoisotopic (exact) mass is 391 g/mol. The zero-order chi connectivity index (χ0) is 20.0. The van der Waals surface area contributed by atoms with Gasteiger partial charge in [0.1, 0.15) is 23.8 Å². The number of anilines is 1. The third kappa shape index (κ3) is 2.77. The summed E-state index contributed by atoms with van der Waals surface area (Å²) in [6.07, 6.45) is -0.585. The summed E-state index contributed by atoms with van der Waals surface area (Å²) >= 11 is 0. The molecule has 3 aromatic rings. The highest BCUT2D eigenvalue weighted by molar-refractivity contribution is 5.88. The van der Waals surface area contributed by atoms with Crippen LogP contribution in [0.15, 0.2) is 18.7 Å². The van der Waals surface area contributed by atoms with Gasteiger partial charge in [0.25, 0.3) is 5.95 Å². The first-order chi connectivity index (χ1) is 13.4. The molecule has 0 aliphatic carbocycles. The van der Waals surface area contributed by atoms with E-state index >= 15 is 0 Å². The molecule has 13 heteroatoms. The van der Waals surface area contributed by atoms with Gasteiger partial charge in [-0.1, -0.05) is 0 Å². The van der Waals surface area contributed by atoms with Crippen LogP contribution < -0.4 is 5.73 Å². The second-order valence-electron chi connectivity index (χ2n) is 6.13. The first kappa shape index (κ1) is 18.2. The minimum Gasteiger partial charge on any atom is -0.465 e. The Bertz CT molecular complexity index is 1030. The summed E-state index contributed by atoms with van der Waals surface area (Å²) in [5.74, 6) is -0.480. The zero-order valence-electron chi connectivity index (χ0n) is 14.6. The summed E-state index contributed by atoms with van der Waals surface area (Å²) < 4.78 is 12.8. The van der Waals surface area contributed by atoms with Gasteiger partial charge in [-0.15, -0.1) is 0 Å². The fourth-order valence-corrected chi connectivity index (χ4v) is 2.98. The van der Waals surface area contributed by atoms with Crippen LogP contribution in [-0.4, -0.2) is 82.6 Å². The molecule has 1 aliphatic rings. The number of methoxy groups -OCH3 is 1. The summed E-state index contributed by atoms with van der Waals surface area (Å²) in [6, 6.07) is 0. The first-order valence-corrected chi connectivity index (χ1v) is 8.20. The molecule has 4 rings (SSSR count). The van der Waals surface area contributed by atoms with Crippen molar-refractivity contribution in [2.45, 2.75) is 24.5 Å². The molecule has 0 spiro atoms. The average molecular weight is 391 g/mol. The van der Waals surface area contributed by atoms with Crippen LogP contribution in [0, 0.1) is 0 Å². The molecule has 1 fully saturated rings. The SMILES string of the molecule is COC(=O)c1cnn(-c2nc(N)c3ncn([C@@H]4O[C@H](CO)[C@H](O)[C@@H]4O)c3n2)c1. The van der Waals surface area contributed by atoms with Crippen molar-refractivity contribution < 1.29 is 29.6 Å². The van der Waals surface area contributed by atoms with Crippen molar-refractivity contribution in [1.82, 2.24) is 29.3 Å². The van der Waals surface area contributed by atoms with Gasteiger partial charge in [-0.25, -0.2) is 14.5 Å². The van der Waals surface area contributed by atoms with Crippen LogP contribution in [0.3, 0.4) is 0 Å². The normalized spacial score (nSPS) is 24.7. The first-order valence-electron chi connectivity index (χ1n) is 8.20. The Balaban J connectivity index is 1.77. The number of hydrogen-bond acceptors (Lipinski definition) is 11. The number of hydrogen-bond donors (Lipinski definition) is 4.